The highest BCUT2D eigenvalue weighted by Gasteiger charge is 2.41. The normalized spacial score (nSPS) is 28.5. The van der Waals surface area contributed by atoms with Crippen molar-refractivity contribution in [3.05, 3.63) is 35.4 Å². The molecular weight excluding hydrogens is 280 g/mol. The van der Waals surface area contributed by atoms with E-state index in [-0.39, 0.29) is 29.8 Å². The lowest BCUT2D eigenvalue weighted by Crippen LogP contribution is -2.32. The number of carboxylic acids is 1. The number of ketones is 1. The summed E-state index contributed by atoms with van der Waals surface area (Å²) in [6.45, 7) is 0. The highest BCUT2D eigenvalue weighted by molar-refractivity contribution is 5.98. The fourth-order valence-electron chi connectivity index (χ4n) is 2.21. The number of hydrogen-bond donors (Lipinski definition) is 4. The van der Waals surface area contributed by atoms with E-state index in [1.165, 1.54) is 24.3 Å². The van der Waals surface area contributed by atoms with Crippen LogP contribution in [0.25, 0.3) is 0 Å². The van der Waals surface area contributed by atoms with E-state index >= 15 is 0 Å². The summed E-state index contributed by atoms with van der Waals surface area (Å²) in [5.74, 6) is -1.42. The summed E-state index contributed by atoms with van der Waals surface area (Å²) in [6, 6.07) is 5.64. The lowest BCUT2D eigenvalue weighted by molar-refractivity contribution is -0.127. The number of rotatable bonds is 5. The fourth-order valence-corrected chi connectivity index (χ4v) is 2.21. The summed E-state index contributed by atoms with van der Waals surface area (Å²) in [5.41, 5.74) is 0.271. The van der Waals surface area contributed by atoms with Gasteiger partial charge in [0.25, 0.3) is 0 Å². The van der Waals surface area contributed by atoms with Gasteiger partial charge in [-0.2, -0.15) is 0 Å². The van der Waals surface area contributed by atoms with Gasteiger partial charge in [0.2, 0.25) is 0 Å². The Morgan fingerprint density at radius 2 is 1.76 bits per heavy atom. The van der Waals surface area contributed by atoms with Crippen molar-refractivity contribution in [3.63, 3.8) is 0 Å². The molecule has 4 N–H and O–H groups in total. The predicted molar refractivity (Wildman–Crippen MR) is 69.9 cm³/mol. The highest BCUT2D eigenvalue weighted by Crippen LogP contribution is 2.23. The van der Waals surface area contributed by atoms with Crippen molar-refractivity contribution in [2.75, 3.05) is 0 Å². The molecule has 0 aromatic heterocycles. The summed E-state index contributed by atoms with van der Waals surface area (Å²) in [4.78, 5) is 22.8. The molecule has 4 atom stereocenters. The van der Waals surface area contributed by atoms with Crippen molar-refractivity contribution in [3.8, 4) is 0 Å². The van der Waals surface area contributed by atoms with Gasteiger partial charge in [-0.1, -0.05) is 12.1 Å². The van der Waals surface area contributed by atoms with Crippen LogP contribution in [0.15, 0.2) is 24.3 Å². The Kier molecular flexibility index (Phi) is 4.69. The zero-order chi connectivity index (χ0) is 15.6. The molecule has 0 spiro atoms. The first-order chi connectivity index (χ1) is 9.90. The Bertz CT molecular complexity index is 542. The second-order valence-electron chi connectivity index (χ2n) is 4.89. The molecule has 1 aromatic rings. The first-order valence-electron chi connectivity index (χ1n) is 6.46. The van der Waals surface area contributed by atoms with Crippen LogP contribution in [0.4, 0.5) is 0 Å². The average molecular weight is 296 g/mol. The van der Waals surface area contributed by atoms with E-state index in [2.05, 4.69) is 0 Å². The minimum atomic E-state index is -1.46. The Morgan fingerprint density at radius 3 is 2.33 bits per heavy atom. The number of carbonyl (C=O) groups is 2. The number of carbonyl (C=O) groups excluding carboxylic acids is 1. The van der Waals surface area contributed by atoms with Crippen molar-refractivity contribution in [2.24, 2.45) is 0 Å². The quantitative estimate of drug-likeness (QED) is 0.554. The van der Waals surface area contributed by atoms with E-state index in [9.17, 15) is 24.9 Å². The van der Waals surface area contributed by atoms with Gasteiger partial charge in [0.05, 0.1) is 11.7 Å². The van der Waals surface area contributed by atoms with Crippen molar-refractivity contribution in [1.29, 1.82) is 0 Å². The predicted octanol–water partition coefficient (Wildman–Crippen LogP) is -0.213. The van der Waals surface area contributed by atoms with Crippen LogP contribution in [0.1, 0.15) is 33.6 Å². The third-order valence-corrected chi connectivity index (χ3v) is 3.42. The summed E-state index contributed by atoms with van der Waals surface area (Å²) in [6.07, 6.45) is -4.81. The van der Waals surface area contributed by atoms with E-state index < -0.39 is 30.6 Å². The van der Waals surface area contributed by atoms with E-state index in [1.54, 1.807) is 0 Å². The molecule has 4 unspecified atom stereocenters. The molecule has 1 fully saturated rings. The molecule has 1 aliphatic rings. The molecule has 0 radical (unpaired) electrons. The minimum Gasteiger partial charge on any atom is -0.478 e. The van der Waals surface area contributed by atoms with Crippen LogP contribution in [-0.2, 0) is 4.74 Å². The van der Waals surface area contributed by atoms with Crippen molar-refractivity contribution in [2.45, 2.75) is 37.4 Å². The van der Waals surface area contributed by atoms with Gasteiger partial charge in [-0.3, -0.25) is 4.79 Å². The number of carboxylic acid groups (broad SMARTS) is 1. The lowest BCUT2D eigenvalue weighted by atomic mass is 10.00. The molecule has 7 heteroatoms. The topological polar surface area (TPSA) is 124 Å². The Morgan fingerprint density at radius 1 is 1.10 bits per heavy atom. The van der Waals surface area contributed by atoms with E-state index in [0.717, 1.165) is 0 Å². The summed E-state index contributed by atoms with van der Waals surface area (Å²) in [7, 11) is 0. The molecule has 0 saturated carbocycles. The maximum atomic E-state index is 12.0. The monoisotopic (exact) mass is 296 g/mol. The van der Waals surface area contributed by atoms with Crippen LogP contribution in [0.5, 0.6) is 0 Å². The molecule has 1 saturated heterocycles. The maximum absolute atomic E-state index is 12.0. The van der Waals surface area contributed by atoms with E-state index in [1.807, 2.05) is 0 Å². The average Bonchev–Trinajstić information content (AvgIpc) is 2.72. The highest BCUT2D eigenvalue weighted by atomic mass is 16.6. The van der Waals surface area contributed by atoms with Gasteiger partial charge in [0, 0.05) is 12.0 Å². The van der Waals surface area contributed by atoms with Crippen LogP contribution in [0.2, 0.25) is 0 Å². The second-order valence-corrected chi connectivity index (χ2v) is 4.89. The van der Waals surface area contributed by atoms with E-state index in [4.69, 9.17) is 9.84 Å². The van der Waals surface area contributed by atoms with Crippen molar-refractivity contribution >= 4 is 11.8 Å². The molecule has 1 heterocycles. The van der Waals surface area contributed by atoms with Crippen LogP contribution < -0.4 is 0 Å². The van der Waals surface area contributed by atoms with Crippen LogP contribution in [0.3, 0.4) is 0 Å². The molecule has 114 valence electrons. The number of aliphatic hydroxyl groups excluding tert-OH is 3. The molecule has 2 rings (SSSR count). The Balaban J connectivity index is 1.96. The van der Waals surface area contributed by atoms with Crippen LogP contribution in [0, 0.1) is 0 Å². The SMILES string of the molecule is O=C(O)c1cccc(C(=O)CCC2OC(O)C(O)C2O)c1. The maximum Gasteiger partial charge on any atom is 0.335 e. The second kappa shape index (κ2) is 6.31. The number of aromatic carboxylic acids is 1. The third-order valence-electron chi connectivity index (χ3n) is 3.42. The van der Waals surface area contributed by atoms with Gasteiger partial charge in [-0.05, 0) is 18.6 Å². The number of ether oxygens (including phenoxy) is 1. The standard InChI is InChI=1S/C14H16O7/c15-9(7-2-1-3-8(6-7)13(18)19)4-5-10-11(16)12(17)14(20)21-10/h1-3,6,10-12,14,16-17,20H,4-5H2,(H,18,19). The molecule has 7 nitrogen and oxygen atoms in total. The zero-order valence-corrected chi connectivity index (χ0v) is 11.0. The van der Waals surface area contributed by atoms with Gasteiger partial charge in [-0.25, -0.2) is 4.79 Å². The molecule has 1 aromatic carbocycles. The molecule has 0 amide bonds. The van der Waals surface area contributed by atoms with Crippen LogP contribution >= 0.6 is 0 Å². The first-order valence-corrected chi connectivity index (χ1v) is 6.46. The van der Waals surface area contributed by atoms with E-state index in [0.29, 0.717) is 0 Å². The summed E-state index contributed by atoms with van der Waals surface area (Å²) < 4.78 is 4.94. The third kappa shape index (κ3) is 3.45. The molecule has 21 heavy (non-hydrogen) atoms. The first kappa shape index (κ1) is 15.6. The Labute approximate surface area is 120 Å². The summed E-state index contributed by atoms with van der Waals surface area (Å²) >= 11 is 0. The van der Waals surface area contributed by atoms with Crippen molar-refractivity contribution in [1.82, 2.24) is 0 Å². The minimum absolute atomic E-state index is 0.00421. The van der Waals surface area contributed by atoms with Gasteiger partial charge in [0.1, 0.15) is 12.2 Å². The van der Waals surface area contributed by atoms with Gasteiger partial charge >= 0.3 is 5.97 Å². The molecule has 0 aliphatic carbocycles. The smallest absolute Gasteiger partial charge is 0.335 e. The molecule has 0 bridgehead atoms. The molecular formula is C14H16O7. The lowest BCUT2D eigenvalue weighted by Gasteiger charge is -2.13. The molecule has 1 aliphatic heterocycles. The largest absolute Gasteiger partial charge is 0.478 e. The van der Waals surface area contributed by atoms with Gasteiger partial charge in [-0.15, -0.1) is 0 Å². The van der Waals surface area contributed by atoms with Gasteiger partial charge in [0.15, 0.2) is 12.1 Å². The fraction of sp³-hybridized carbons (Fsp3) is 0.429. The van der Waals surface area contributed by atoms with Gasteiger partial charge < -0.3 is 25.2 Å². The zero-order valence-electron chi connectivity index (χ0n) is 11.0. The number of Topliss-reactive ketones (excluding diaryl/α,β-unsaturated/α-hetero) is 1. The summed E-state index contributed by atoms with van der Waals surface area (Å²) in [5, 5.41) is 37.0. The van der Waals surface area contributed by atoms with Crippen LogP contribution in [-0.4, -0.2) is 56.8 Å². The number of aliphatic hydroxyl groups is 3. The van der Waals surface area contributed by atoms with Crippen molar-refractivity contribution < 1.29 is 34.8 Å². The number of benzene rings is 1. The number of hydrogen-bond acceptors (Lipinski definition) is 6. The Hall–Kier alpha value is -1.80.